The normalized spacial score (nSPS) is 14.0. The van der Waals surface area contributed by atoms with Crippen molar-refractivity contribution in [3.8, 4) is 0 Å². The Morgan fingerprint density at radius 1 is 1.22 bits per heavy atom. The van der Waals surface area contributed by atoms with Crippen LogP contribution in [0.5, 0.6) is 0 Å². The average molecular weight is 271 g/mol. The topological polar surface area (TPSA) is 12.0 Å². The van der Waals surface area contributed by atoms with Gasteiger partial charge in [-0.1, -0.05) is 13.0 Å². The highest BCUT2D eigenvalue weighted by atomic mass is 19.4. The first-order valence-corrected chi connectivity index (χ1v) is 5.15. The molecule has 0 heterocycles. The lowest BCUT2D eigenvalue weighted by Gasteiger charge is -2.19. The lowest BCUT2D eigenvalue weighted by Crippen LogP contribution is -2.27. The van der Waals surface area contributed by atoms with Gasteiger partial charge in [0, 0.05) is 0 Å². The largest absolute Gasteiger partial charge is 0.419 e. The third-order valence-electron chi connectivity index (χ3n) is 2.33. The first kappa shape index (κ1) is 14.8. The van der Waals surface area contributed by atoms with E-state index in [-0.39, 0.29) is 12.1 Å². The molecule has 1 unspecified atom stereocenters. The molecule has 18 heavy (non-hydrogen) atoms. The molecule has 0 spiro atoms. The molecule has 0 radical (unpaired) electrons. The van der Waals surface area contributed by atoms with E-state index in [1.807, 2.05) is 0 Å². The lowest BCUT2D eigenvalue weighted by atomic mass is 10.0. The van der Waals surface area contributed by atoms with E-state index in [9.17, 15) is 26.3 Å². The maximum atomic E-state index is 13.0. The second-order valence-electron chi connectivity index (χ2n) is 3.61. The molecular weight excluding hydrogens is 260 g/mol. The van der Waals surface area contributed by atoms with Gasteiger partial charge in [0.2, 0.25) is 0 Å². The van der Waals surface area contributed by atoms with Crippen LogP contribution in [0.15, 0.2) is 18.2 Å². The summed E-state index contributed by atoms with van der Waals surface area (Å²) in [4.78, 5) is 0. The molecule has 102 valence electrons. The molecule has 0 saturated carbocycles. The van der Waals surface area contributed by atoms with Gasteiger partial charge in [0.25, 0.3) is 6.43 Å². The Bertz CT molecular complexity index is 401. The third-order valence-corrected chi connectivity index (χ3v) is 2.33. The first-order chi connectivity index (χ1) is 8.27. The molecule has 1 nitrogen and oxygen atoms in total. The van der Waals surface area contributed by atoms with Crippen LogP contribution in [0, 0.1) is 5.82 Å². The summed E-state index contributed by atoms with van der Waals surface area (Å²) in [6.07, 6.45) is -7.78. The SMILES string of the molecule is CCNC(c1ccc(F)c(C(F)(F)F)c1)C(F)F. The van der Waals surface area contributed by atoms with Gasteiger partial charge in [0.1, 0.15) is 5.82 Å². The van der Waals surface area contributed by atoms with Crippen molar-refractivity contribution in [3.63, 3.8) is 0 Å². The molecule has 1 aromatic rings. The number of benzene rings is 1. The number of hydrogen-bond acceptors (Lipinski definition) is 1. The number of nitrogens with one attached hydrogen (secondary N) is 1. The smallest absolute Gasteiger partial charge is 0.306 e. The van der Waals surface area contributed by atoms with Crippen LogP contribution in [0.3, 0.4) is 0 Å². The second kappa shape index (κ2) is 5.60. The van der Waals surface area contributed by atoms with E-state index in [2.05, 4.69) is 5.32 Å². The fraction of sp³-hybridized carbons (Fsp3) is 0.455. The Kier molecular flexibility index (Phi) is 4.61. The summed E-state index contributed by atoms with van der Waals surface area (Å²) >= 11 is 0. The highest BCUT2D eigenvalue weighted by Crippen LogP contribution is 2.33. The van der Waals surface area contributed by atoms with Crippen LogP contribution in [0.2, 0.25) is 0 Å². The highest BCUT2D eigenvalue weighted by molar-refractivity contribution is 5.29. The van der Waals surface area contributed by atoms with E-state index in [0.717, 1.165) is 6.07 Å². The Hall–Kier alpha value is -1.24. The molecule has 0 bridgehead atoms. The van der Waals surface area contributed by atoms with Crippen molar-refractivity contribution < 1.29 is 26.3 Å². The van der Waals surface area contributed by atoms with E-state index in [4.69, 9.17) is 0 Å². The van der Waals surface area contributed by atoms with Gasteiger partial charge in [-0.3, -0.25) is 0 Å². The van der Waals surface area contributed by atoms with Crippen LogP contribution in [0.4, 0.5) is 26.3 Å². The van der Waals surface area contributed by atoms with Crippen LogP contribution in [0.25, 0.3) is 0 Å². The molecule has 1 rings (SSSR count). The number of alkyl halides is 5. The molecule has 0 aromatic heterocycles. The van der Waals surface area contributed by atoms with Crippen LogP contribution in [-0.4, -0.2) is 13.0 Å². The fourth-order valence-electron chi connectivity index (χ4n) is 1.53. The van der Waals surface area contributed by atoms with Crippen molar-refractivity contribution in [2.45, 2.75) is 25.6 Å². The zero-order valence-electron chi connectivity index (χ0n) is 9.36. The van der Waals surface area contributed by atoms with Crippen molar-refractivity contribution in [1.82, 2.24) is 5.32 Å². The maximum Gasteiger partial charge on any atom is 0.419 e. The van der Waals surface area contributed by atoms with Crippen molar-refractivity contribution >= 4 is 0 Å². The zero-order chi connectivity index (χ0) is 13.9. The number of hydrogen-bond donors (Lipinski definition) is 1. The van der Waals surface area contributed by atoms with Gasteiger partial charge in [-0.25, -0.2) is 13.2 Å². The van der Waals surface area contributed by atoms with Crippen LogP contribution < -0.4 is 5.32 Å². The van der Waals surface area contributed by atoms with E-state index in [0.29, 0.717) is 12.1 Å². The molecule has 0 fully saturated rings. The van der Waals surface area contributed by atoms with Crippen molar-refractivity contribution in [2.24, 2.45) is 0 Å². The molecule has 0 aliphatic heterocycles. The summed E-state index contributed by atoms with van der Waals surface area (Å²) < 4.78 is 75.6. The van der Waals surface area contributed by atoms with Crippen molar-refractivity contribution in [1.29, 1.82) is 0 Å². The molecule has 1 atom stereocenters. The van der Waals surface area contributed by atoms with E-state index >= 15 is 0 Å². The lowest BCUT2D eigenvalue weighted by molar-refractivity contribution is -0.140. The van der Waals surface area contributed by atoms with Crippen LogP contribution in [0.1, 0.15) is 24.1 Å². The van der Waals surface area contributed by atoms with Gasteiger partial charge in [0.15, 0.2) is 0 Å². The standard InChI is InChI=1S/C11H11F6N/c1-2-18-9(10(13)14)6-3-4-8(12)7(5-6)11(15,16)17/h3-5,9-10,18H,2H2,1H3. The minimum absolute atomic E-state index is 0.160. The number of halogens is 6. The molecule has 0 aliphatic rings. The quantitative estimate of drug-likeness (QED) is 0.822. The number of rotatable bonds is 4. The van der Waals surface area contributed by atoms with Gasteiger partial charge in [-0.15, -0.1) is 0 Å². The molecular formula is C11H11F6N. The molecule has 1 aromatic carbocycles. The Labute approximate surface area is 99.8 Å². The summed E-state index contributed by atoms with van der Waals surface area (Å²) in [6.45, 7) is 1.71. The Morgan fingerprint density at radius 2 is 1.83 bits per heavy atom. The van der Waals surface area contributed by atoms with E-state index < -0.39 is 30.0 Å². The highest BCUT2D eigenvalue weighted by Gasteiger charge is 2.35. The monoisotopic (exact) mass is 271 g/mol. The summed E-state index contributed by atoms with van der Waals surface area (Å²) in [5, 5.41) is 2.36. The second-order valence-corrected chi connectivity index (χ2v) is 3.61. The van der Waals surface area contributed by atoms with E-state index in [1.165, 1.54) is 0 Å². The Balaban J connectivity index is 3.18. The summed E-state index contributed by atoms with van der Waals surface area (Å²) in [5.74, 6) is -1.48. The fourth-order valence-corrected chi connectivity index (χ4v) is 1.53. The van der Waals surface area contributed by atoms with Gasteiger partial charge < -0.3 is 5.32 Å². The minimum atomic E-state index is -4.90. The van der Waals surface area contributed by atoms with Gasteiger partial charge in [0.05, 0.1) is 11.6 Å². The summed E-state index contributed by atoms with van der Waals surface area (Å²) in [7, 11) is 0. The van der Waals surface area contributed by atoms with Crippen LogP contribution in [-0.2, 0) is 6.18 Å². The predicted octanol–water partition coefficient (Wildman–Crippen LogP) is 3.76. The van der Waals surface area contributed by atoms with Gasteiger partial charge >= 0.3 is 6.18 Å². The summed E-state index contributed by atoms with van der Waals surface area (Å²) in [6, 6.07) is 0.334. The van der Waals surface area contributed by atoms with Gasteiger partial charge in [-0.2, -0.15) is 13.2 Å². The van der Waals surface area contributed by atoms with Crippen LogP contribution >= 0.6 is 0 Å². The van der Waals surface area contributed by atoms with Gasteiger partial charge in [-0.05, 0) is 24.2 Å². The Morgan fingerprint density at radius 3 is 2.28 bits per heavy atom. The molecule has 7 heteroatoms. The van der Waals surface area contributed by atoms with E-state index in [1.54, 1.807) is 6.92 Å². The third kappa shape index (κ3) is 3.38. The summed E-state index contributed by atoms with van der Waals surface area (Å²) in [5.41, 5.74) is -1.83. The minimum Gasteiger partial charge on any atom is -0.306 e. The van der Waals surface area contributed by atoms with Crippen molar-refractivity contribution in [2.75, 3.05) is 6.54 Å². The zero-order valence-corrected chi connectivity index (χ0v) is 9.36. The first-order valence-electron chi connectivity index (χ1n) is 5.15. The average Bonchev–Trinajstić information content (AvgIpc) is 2.25. The molecule has 1 N–H and O–H groups in total. The molecule has 0 aliphatic carbocycles. The maximum absolute atomic E-state index is 13.0. The predicted molar refractivity (Wildman–Crippen MR) is 53.8 cm³/mol. The van der Waals surface area contributed by atoms with Crippen molar-refractivity contribution in [3.05, 3.63) is 35.1 Å². The molecule has 0 amide bonds. The molecule has 0 saturated heterocycles.